The van der Waals surface area contributed by atoms with Crippen molar-refractivity contribution in [1.29, 1.82) is 5.41 Å². The summed E-state index contributed by atoms with van der Waals surface area (Å²) in [6.45, 7) is 1.23. The topological polar surface area (TPSA) is 73.3 Å². The average molecular weight is 282 g/mol. The molecule has 1 heterocycles. The summed E-state index contributed by atoms with van der Waals surface area (Å²) in [5.74, 6) is 0.0340. The summed E-state index contributed by atoms with van der Waals surface area (Å²) in [6.07, 6.45) is 4.11. The van der Waals surface area contributed by atoms with E-state index >= 15 is 0 Å². The van der Waals surface area contributed by atoms with Gasteiger partial charge in [0.15, 0.2) is 0 Å². The van der Waals surface area contributed by atoms with Crippen LogP contribution in [0, 0.1) is 5.41 Å². The number of nitrogen functional groups attached to an aromatic ring is 1. The van der Waals surface area contributed by atoms with Crippen LogP contribution in [-0.2, 0) is 0 Å². The molecule has 1 atom stereocenters. The number of benzene rings is 1. The molecule has 0 amide bonds. The first-order valence-electron chi connectivity index (χ1n) is 6.65. The van der Waals surface area contributed by atoms with Gasteiger partial charge in [-0.05, 0) is 43.9 Å². The molecule has 1 unspecified atom stereocenters. The van der Waals surface area contributed by atoms with E-state index in [-0.39, 0.29) is 12.4 Å². The van der Waals surface area contributed by atoms with Gasteiger partial charge in [-0.1, -0.05) is 11.6 Å². The second kappa shape index (κ2) is 6.26. The third-order valence-electron chi connectivity index (χ3n) is 3.64. The summed E-state index contributed by atoms with van der Waals surface area (Å²) >= 11 is 6.31. The van der Waals surface area contributed by atoms with E-state index in [9.17, 15) is 0 Å². The number of halogens is 1. The number of hydrogen-bond acceptors (Lipinski definition) is 3. The van der Waals surface area contributed by atoms with Gasteiger partial charge in [0, 0.05) is 24.8 Å². The van der Waals surface area contributed by atoms with Gasteiger partial charge in [-0.15, -0.1) is 0 Å². The number of nitrogens with two attached hydrogens (primary N) is 1. The Kier molecular flexibility index (Phi) is 4.66. The Labute approximate surface area is 118 Å². The molecule has 2 rings (SSSR count). The molecule has 1 aromatic rings. The molecule has 1 fully saturated rings. The molecule has 0 saturated carbocycles. The van der Waals surface area contributed by atoms with Crippen molar-refractivity contribution in [2.75, 3.05) is 18.1 Å². The quantitative estimate of drug-likeness (QED) is 0.573. The number of nitrogens with one attached hydrogen (secondary N) is 1. The number of amidine groups is 1. The molecule has 0 spiro atoms. The van der Waals surface area contributed by atoms with Crippen molar-refractivity contribution in [3.05, 3.63) is 28.8 Å². The normalized spacial score (nSPS) is 18.8. The smallest absolute Gasteiger partial charge is 0.122 e. The average Bonchev–Trinajstić information content (AvgIpc) is 2.84. The van der Waals surface area contributed by atoms with Crippen molar-refractivity contribution in [3.8, 4) is 0 Å². The molecule has 0 aliphatic carbocycles. The van der Waals surface area contributed by atoms with Crippen LogP contribution in [-0.4, -0.2) is 30.1 Å². The van der Waals surface area contributed by atoms with E-state index in [1.165, 1.54) is 0 Å². The molecule has 1 aliphatic heterocycles. The number of aliphatic hydroxyl groups is 1. The second-order valence-electron chi connectivity index (χ2n) is 4.94. The minimum atomic E-state index is 0.0340. The molecule has 104 valence electrons. The molecule has 5 heteroatoms. The van der Waals surface area contributed by atoms with Crippen LogP contribution in [0.1, 0.15) is 31.2 Å². The van der Waals surface area contributed by atoms with E-state index in [1.807, 2.05) is 12.1 Å². The minimum Gasteiger partial charge on any atom is -0.396 e. The Morgan fingerprint density at radius 2 is 2.32 bits per heavy atom. The molecule has 0 radical (unpaired) electrons. The summed E-state index contributed by atoms with van der Waals surface area (Å²) < 4.78 is 0. The minimum absolute atomic E-state index is 0.0340. The number of anilines is 1. The Morgan fingerprint density at radius 1 is 1.53 bits per heavy atom. The van der Waals surface area contributed by atoms with Gasteiger partial charge in [0.1, 0.15) is 5.84 Å². The summed E-state index contributed by atoms with van der Waals surface area (Å²) in [6, 6.07) is 5.98. The summed E-state index contributed by atoms with van der Waals surface area (Å²) in [5.41, 5.74) is 7.12. The zero-order valence-corrected chi connectivity index (χ0v) is 11.7. The summed E-state index contributed by atoms with van der Waals surface area (Å²) in [4.78, 5) is 2.31. The van der Waals surface area contributed by atoms with Gasteiger partial charge >= 0.3 is 0 Å². The second-order valence-corrected chi connectivity index (χ2v) is 5.34. The fraction of sp³-hybridized carbons (Fsp3) is 0.500. The van der Waals surface area contributed by atoms with Crippen LogP contribution < -0.4 is 10.6 Å². The Hall–Kier alpha value is -1.26. The van der Waals surface area contributed by atoms with Gasteiger partial charge < -0.3 is 15.7 Å². The lowest BCUT2D eigenvalue weighted by atomic mass is 10.1. The van der Waals surface area contributed by atoms with Crippen LogP contribution in [0.4, 0.5) is 5.69 Å². The fourth-order valence-electron chi connectivity index (χ4n) is 2.69. The number of rotatable bonds is 5. The zero-order valence-electron chi connectivity index (χ0n) is 10.9. The van der Waals surface area contributed by atoms with E-state index < -0.39 is 0 Å². The highest BCUT2D eigenvalue weighted by atomic mass is 35.5. The first-order valence-corrected chi connectivity index (χ1v) is 7.02. The fourth-order valence-corrected chi connectivity index (χ4v) is 2.98. The van der Waals surface area contributed by atoms with E-state index in [0.717, 1.165) is 37.9 Å². The van der Waals surface area contributed by atoms with Crippen LogP contribution in [0.5, 0.6) is 0 Å². The number of hydrogen-bond donors (Lipinski definition) is 3. The molecular formula is C14H20ClN3O. The van der Waals surface area contributed by atoms with Gasteiger partial charge in [0.2, 0.25) is 0 Å². The van der Waals surface area contributed by atoms with Crippen molar-refractivity contribution < 1.29 is 5.11 Å². The Balaban J connectivity index is 2.18. The maximum atomic E-state index is 8.95. The highest BCUT2D eigenvalue weighted by molar-refractivity contribution is 6.33. The molecule has 0 aromatic heterocycles. The van der Waals surface area contributed by atoms with Crippen LogP contribution in [0.3, 0.4) is 0 Å². The lowest BCUT2D eigenvalue weighted by Gasteiger charge is -2.28. The number of nitrogens with zero attached hydrogens (tertiary/aromatic N) is 1. The molecule has 0 bridgehead atoms. The lowest BCUT2D eigenvalue weighted by Crippen LogP contribution is -2.29. The molecule has 1 aliphatic rings. The van der Waals surface area contributed by atoms with Gasteiger partial charge in [-0.2, -0.15) is 0 Å². The van der Waals surface area contributed by atoms with Gasteiger partial charge in [-0.3, -0.25) is 5.41 Å². The van der Waals surface area contributed by atoms with E-state index in [0.29, 0.717) is 16.6 Å². The molecule has 4 N–H and O–H groups in total. The standard InChI is InChI=1S/C14H20ClN3O/c15-12-9-10(14(16)17)5-6-13(12)18-7-1-3-11(18)4-2-8-19/h5-6,9,11,19H,1-4,7-8H2,(H3,16,17). The molecule has 1 aromatic carbocycles. The van der Waals surface area contributed by atoms with Crippen LogP contribution in [0.2, 0.25) is 5.02 Å². The Morgan fingerprint density at radius 3 is 2.95 bits per heavy atom. The molecule has 19 heavy (non-hydrogen) atoms. The predicted octanol–water partition coefficient (Wildman–Crippen LogP) is 2.37. The largest absolute Gasteiger partial charge is 0.396 e. The molecule has 4 nitrogen and oxygen atoms in total. The molecule has 1 saturated heterocycles. The van der Waals surface area contributed by atoms with E-state index in [2.05, 4.69) is 4.90 Å². The monoisotopic (exact) mass is 281 g/mol. The van der Waals surface area contributed by atoms with Gasteiger partial charge in [0.05, 0.1) is 10.7 Å². The number of aliphatic hydroxyl groups excluding tert-OH is 1. The summed E-state index contributed by atoms with van der Waals surface area (Å²) in [7, 11) is 0. The Bertz CT molecular complexity index is 464. The van der Waals surface area contributed by atoms with Crippen molar-refractivity contribution >= 4 is 23.1 Å². The van der Waals surface area contributed by atoms with Gasteiger partial charge in [-0.25, -0.2) is 0 Å². The third kappa shape index (κ3) is 3.19. The predicted molar refractivity (Wildman–Crippen MR) is 79.2 cm³/mol. The first-order chi connectivity index (χ1) is 9.13. The summed E-state index contributed by atoms with van der Waals surface area (Å²) in [5, 5.41) is 17.0. The maximum absolute atomic E-state index is 8.95. The van der Waals surface area contributed by atoms with Crippen molar-refractivity contribution in [1.82, 2.24) is 0 Å². The first kappa shape index (κ1) is 14.2. The van der Waals surface area contributed by atoms with Crippen molar-refractivity contribution in [2.45, 2.75) is 31.7 Å². The highest BCUT2D eigenvalue weighted by Crippen LogP contribution is 2.33. The SMILES string of the molecule is N=C(N)c1ccc(N2CCCC2CCCO)c(Cl)c1. The van der Waals surface area contributed by atoms with Crippen molar-refractivity contribution in [3.63, 3.8) is 0 Å². The van der Waals surface area contributed by atoms with Gasteiger partial charge in [0.25, 0.3) is 0 Å². The third-order valence-corrected chi connectivity index (χ3v) is 3.94. The maximum Gasteiger partial charge on any atom is 0.122 e. The highest BCUT2D eigenvalue weighted by Gasteiger charge is 2.25. The van der Waals surface area contributed by atoms with Crippen LogP contribution in [0.25, 0.3) is 0 Å². The molecular weight excluding hydrogens is 262 g/mol. The zero-order chi connectivity index (χ0) is 13.8. The van der Waals surface area contributed by atoms with Crippen molar-refractivity contribution in [2.24, 2.45) is 5.73 Å². The van der Waals surface area contributed by atoms with E-state index in [4.69, 9.17) is 27.9 Å². The lowest BCUT2D eigenvalue weighted by molar-refractivity contribution is 0.279. The van der Waals surface area contributed by atoms with Crippen LogP contribution in [0.15, 0.2) is 18.2 Å². The van der Waals surface area contributed by atoms with Crippen LogP contribution >= 0.6 is 11.6 Å². The van der Waals surface area contributed by atoms with E-state index in [1.54, 1.807) is 6.07 Å².